The van der Waals surface area contributed by atoms with E-state index in [4.69, 9.17) is 0 Å². The predicted octanol–water partition coefficient (Wildman–Crippen LogP) is 2.48. The Labute approximate surface area is 79.4 Å². The topological polar surface area (TPSA) is 20.2 Å². The number of hydrogen-bond acceptors (Lipinski definition) is 1. The molecule has 0 amide bonds. The number of hydrogen-bond donors (Lipinski definition) is 1. The van der Waals surface area contributed by atoms with Gasteiger partial charge in [-0.1, -0.05) is 29.8 Å². The van der Waals surface area contributed by atoms with Gasteiger partial charge in [-0.25, -0.2) is 0 Å². The number of aliphatic hydroxyl groups excluding tert-OH is 1. The van der Waals surface area contributed by atoms with Crippen LogP contribution in [-0.2, 0) is 0 Å². The molecular formula is C12H16O. The van der Waals surface area contributed by atoms with Crippen molar-refractivity contribution in [1.29, 1.82) is 0 Å². The van der Waals surface area contributed by atoms with Crippen molar-refractivity contribution in [2.75, 3.05) is 0 Å². The zero-order chi connectivity index (χ0) is 9.42. The third-order valence-electron chi connectivity index (χ3n) is 2.93. The summed E-state index contributed by atoms with van der Waals surface area (Å²) >= 11 is 0. The third kappa shape index (κ3) is 1.75. The third-order valence-corrected chi connectivity index (χ3v) is 2.93. The Morgan fingerprint density at radius 3 is 2.77 bits per heavy atom. The van der Waals surface area contributed by atoms with Gasteiger partial charge in [-0.3, -0.25) is 0 Å². The molecule has 1 saturated carbocycles. The van der Waals surface area contributed by atoms with E-state index in [9.17, 15) is 5.11 Å². The first-order valence-electron chi connectivity index (χ1n) is 4.93. The van der Waals surface area contributed by atoms with E-state index >= 15 is 0 Å². The van der Waals surface area contributed by atoms with Gasteiger partial charge in [0.2, 0.25) is 0 Å². The molecule has 3 atom stereocenters. The van der Waals surface area contributed by atoms with Crippen LogP contribution in [0.25, 0.3) is 0 Å². The van der Waals surface area contributed by atoms with E-state index in [1.54, 1.807) is 0 Å². The lowest BCUT2D eigenvalue weighted by Crippen LogP contribution is -2.03. The second-order valence-corrected chi connectivity index (χ2v) is 4.16. The zero-order valence-corrected chi connectivity index (χ0v) is 8.20. The standard InChI is InChI=1S/C12H16O/c1-8-4-3-5-10(6-8)12-7-11(12)9(2)13/h3-6,9,11-13H,7H2,1-2H3/t9-,11-,12-/m0/s1. The Kier molecular flexibility index (Phi) is 2.12. The fourth-order valence-corrected chi connectivity index (χ4v) is 2.03. The summed E-state index contributed by atoms with van der Waals surface area (Å²) in [7, 11) is 0. The van der Waals surface area contributed by atoms with E-state index in [0.717, 1.165) is 6.42 Å². The Morgan fingerprint density at radius 1 is 1.46 bits per heavy atom. The average molecular weight is 176 g/mol. The van der Waals surface area contributed by atoms with Gasteiger partial charge in [0.1, 0.15) is 0 Å². The first-order chi connectivity index (χ1) is 6.18. The molecule has 0 spiro atoms. The molecule has 13 heavy (non-hydrogen) atoms. The molecule has 0 unspecified atom stereocenters. The molecule has 1 aliphatic carbocycles. The quantitative estimate of drug-likeness (QED) is 0.734. The number of rotatable bonds is 2. The second-order valence-electron chi connectivity index (χ2n) is 4.16. The lowest BCUT2D eigenvalue weighted by molar-refractivity contribution is 0.169. The van der Waals surface area contributed by atoms with Gasteiger partial charge in [0.15, 0.2) is 0 Å². The summed E-state index contributed by atoms with van der Waals surface area (Å²) in [5.41, 5.74) is 2.71. The molecule has 70 valence electrons. The molecule has 0 radical (unpaired) electrons. The van der Waals surface area contributed by atoms with Crippen LogP contribution in [0, 0.1) is 12.8 Å². The first kappa shape index (κ1) is 8.76. The first-order valence-corrected chi connectivity index (χ1v) is 4.93. The van der Waals surface area contributed by atoms with Crippen molar-refractivity contribution in [1.82, 2.24) is 0 Å². The summed E-state index contributed by atoms with van der Waals surface area (Å²) in [5, 5.41) is 9.39. The highest BCUT2D eigenvalue weighted by Crippen LogP contribution is 2.49. The van der Waals surface area contributed by atoms with Crippen molar-refractivity contribution >= 4 is 0 Å². The molecule has 0 aromatic heterocycles. The molecule has 0 aliphatic heterocycles. The number of aryl methyl sites for hydroxylation is 1. The normalized spacial score (nSPS) is 28.5. The van der Waals surface area contributed by atoms with Crippen molar-refractivity contribution in [2.45, 2.75) is 32.3 Å². The number of aliphatic hydroxyl groups is 1. The molecule has 1 aliphatic rings. The minimum absolute atomic E-state index is 0.148. The van der Waals surface area contributed by atoms with E-state index in [2.05, 4.69) is 31.2 Å². The van der Waals surface area contributed by atoms with Crippen molar-refractivity contribution in [3.63, 3.8) is 0 Å². The Bertz CT molecular complexity index is 304. The van der Waals surface area contributed by atoms with Crippen LogP contribution in [0.5, 0.6) is 0 Å². The van der Waals surface area contributed by atoms with Crippen molar-refractivity contribution in [3.05, 3.63) is 35.4 Å². The summed E-state index contributed by atoms with van der Waals surface area (Å²) in [4.78, 5) is 0. The molecule has 1 aromatic carbocycles. The van der Waals surface area contributed by atoms with Crippen LogP contribution in [0.15, 0.2) is 24.3 Å². The van der Waals surface area contributed by atoms with E-state index < -0.39 is 0 Å². The van der Waals surface area contributed by atoms with Crippen LogP contribution in [0.3, 0.4) is 0 Å². The molecule has 2 rings (SSSR count). The summed E-state index contributed by atoms with van der Waals surface area (Å²) in [6.45, 7) is 4.00. The SMILES string of the molecule is Cc1cccc([C@@H]2C[C@H]2[C@H](C)O)c1. The van der Waals surface area contributed by atoms with Crippen molar-refractivity contribution < 1.29 is 5.11 Å². The van der Waals surface area contributed by atoms with E-state index in [1.165, 1.54) is 11.1 Å². The lowest BCUT2D eigenvalue weighted by atomic mass is 10.1. The van der Waals surface area contributed by atoms with Gasteiger partial charge in [0.05, 0.1) is 6.10 Å². The highest BCUT2D eigenvalue weighted by molar-refractivity contribution is 5.30. The maximum absolute atomic E-state index is 9.39. The monoisotopic (exact) mass is 176 g/mol. The predicted molar refractivity (Wildman–Crippen MR) is 53.7 cm³/mol. The lowest BCUT2D eigenvalue weighted by Gasteiger charge is -2.03. The van der Waals surface area contributed by atoms with Gasteiger partial charge in [-0.2, -0.15) is 0 Å². The zero-order valence-electron chi connectivity index (χ0n) is 8.20. The van der Waals surface area contributed by atoms with Crippen LogP contribution in [-0.4, -0.2) is 11.2 Å². The Balaban J connectivity index is 2.12. The van der Waals surface area contributed by atoms with Gasteiger partial charge in [0, 0.05) is 0 Å². The van der Waals surface area contributed by atoms with Gasteiger partial charge in [0.25, 0.3) is 0 Å². The van der Waals surface area contributed by atoms with Gasteiger partial charge >= 0.3 is 0 Å². The summed E-state index contributed by atoms with van der Waals surface area (Å²) in [6, 6.07) is 8.61. The smallest absolute Gasteiger partial charge is 0.0546 e. The average Bonchev–Trinajstić information content (AvgIpc) is 2.82. The second kappa shape index (κ2) is 3.15. The molecule has 1 aromatic rings. The van der Waals surface area contributed by atoms with Crippen LogP contribution < -0.4 is 0 Å². The summed E-state index contributed by atoms with van der Waals surface area (Å²) in [6.07, 6.45) is 1.01. The van der Waals surface area contributed by atoms with Crippen LogP contribution in [0.2, 0.25) is 0 Å². The van der Waals surface area contributed by atoms with E-state index in [0.29, 0.717) is 11.8 Å². The van der Waals surface area contributed by atoms with Crippen molar-refractivity contribution in [2.24, 2.45) is 5.92 Å². The minimum atomic E-state index is -0.148. The van der Waals surface area contributed by atoms with Crippen LogP contribution in [0.1, 0.15) is 30.4 Å². The van der Waals surface area contributed by atoms with Gasteiger partial charge in [-0.05, 0) is 37.7 Å². The maximum atomic E-state index is 9.39. The largest absolute Gasteiger partial charge is 0.393 e. The van der Waals surface area contributed by atoms with E-state index in [-0.39, 0.29) is 6.10 Å². The molecule has 1 heteroatoms. The molecule has 1 nitrogen and oxygen atoms in total. The number of benzene rings is 1. The van der Waals surface area contributed by atoms with Crippen LogP contribution >= 0.6 is 0 Å². The van der Waals surface area contributed by atoms with E-state index in [1.807, 2.05) is 6.92 Å². The summed E-state index contributed by atoms with van der Waals surface area (Å²) in [5.74, 6) is 1.11. The van der Waals surface area contributed by atoms with Crippen molar-refractivity contribution in [3.8, 4) is 0 Å². The fourth-order valence-electron chi connectivity index (χ4n) is 2.03. The highest BCUT2D eigenvalue weighted by atomic mass is 16.3. The Hall–Kier alpha value is -0.820. The summed E-state index contributed by atoms with van der Waals surface area (Å²) < 4.78 is 0. The highest BCUT2D eigenvalue weighted by Gasteiger charge is 2.41. The maximum Gasteiger partial charge on any atom is 0.0546 e. The molecule has 1 fully saturated rings. The van der Waals surface area contributed by atoms with Gasteiger partial charge < -0.3 is 5.11 Å². The molecule has 0 bridgehead atoms. The molecule has 1 N–H and O–H groups in total. The van der Waals surface area contributed by atoms with Crippen LogP contribution in [0.4, 0.5) is 0 Å². The molecular weight excluding hydrogens is 160 g/mol. The fraction of sp³-hybridized carbons (Fsp3) is 0.500. The Morgan fingerprint density at radius 2 is 2.23 bits per heavy atom. The molecule has 0 heterocycles. The minimum Gasteiger partial charge on any atom is -0.393 e. The molecule has 0 saturated heterocycles. The van der Waals surface area contributed by atoms with Gasteiger partial charge in [-0.15, -0.1) is 0 Å².